The summed E-state index contributed by atoms with van der Waals surface area (Å²) in [5.41, 5.74) is 10.7. The van der Waals surface area contributed by atoms with Crippen molar-refractivity contribution in [2.75, 3.05) is 0 Å². The molecule has 1 unspecified atom stereocenters. The molecule has 1 heteroatoms. The SMILES string of the molecule is CC1C=Cc2c(c(-c3ccc4sc5ccccc5c4c3)c3ccccc3c2-c2ccccc2-c2cccc3ccccc23)C1. The third kappa shape index (κ3) is 3.90. The molecule has 1 aliphatic rings. The van der Waals surface area contributed by atoms with Crippen LogP contribution < -0.4 is 0 Å². The third-order valence-corrected chi connectivity index (χ3v) is 10.6. The van der Waals surface area contributed by atoms with Crippen LogP contribution >= 0.6 is 11.3 Å². The van der Waals surface area contributed by atoms with Gasteiger partial charge in [-0.05, 0) is 96.6 Å². The summed E-state index contributed by atoms with van der Waals surface area (Å²) in [5, 5.41) is 7.90. The Morgan fingerprint density at radius 1 is 0.523 bits per heavy atom. The van der Waals surface area contributed by atoms with Crippen molar-refractivity contribution in [3.8, 4) is 33.4 Å². The van der Waals surface area contributed by atoms with Crippen LogP contribution in [-0.2, 0) is 6.42 Å². The van der Waals surface area contributed by atoms with Crippen molar-refractivity contribution >= 4 is 59.1 Å². The van der Waals surface area contributed by atoms with Gasteiger partial charge >= 0.3 is 0 Å². The fourth-order valence-electron chi connectivity index (χ4n) is 7.46. The predicted octanol–water partition coefficient (Wildman–Crippen LogP) is 12.6. The van der Waals surface area contributed by atoms with Gasteiger partial charge in [-0.3, -0.25) is 0 Å². The zero-order valence-corrected chi connectivity index (χ0v) is 25.4. The number of hydrogen-bond acceptors (Lipinski definition) is 1. The molecule has 7 aromatic carbocycles. The lowest BCUT2D eigenvalue weighted by Gasteiger charge is -2.27. The summed E-state index contributed by atoms with van der Waals surface area (Å²) >= 11 is 1.89. The van der Waals surface area contributed by atoms with E-state index < -0.39 is 0 Å². The van der Waals surface area contributed by atoms with Gasteiger partial charge in [0.15, 0.2) is 0 Å². The topological polar surface area (TPSA) is 0 Å². The number of benzene rings is 7. The summed E-state index contributed by atoms with van der Waals surface area (Å²) in [7, 11) is 0. The lowest BCUT2D eigenvalue weighted by Crippen LogP contribution is -2.08. The minimum atomic E-state index is 0.481. The summed E-state index contributed by atoms with van der Waals surface area (Å²) in [5.74, 6) is 0.481. The quantitative estimate of drug-likeness (QED) is 0.196. The highest BCUT2D eigenvalue weighted by Crippen LogP contribution is 2.48. The smallest absolute Gasteiger partial charge is 0.0355 e. The van der Waals surface area contributed by atoms with E-state index in [0.717, 1.165) is 6.42 Å². The summed E-state index contributed by atoms with van der Waals surface area (Å²) < 4.78 is 2.70. The molecule has 8 aromatic rings. The van der Waals surface area contributed by atoms with Crippen LogP contribution in [0.5, 0.6) is 0 Å². The first kappa shape index (κ1) is 25.5. The molecule has 0 saturated heterocycles. The number of allylic oxidation sites excluding steroid dienone is 1. The Hall–Kier alpha value is -4.98. The molecule has 1 heterocycles. The highest BCUT2D eigenvalue weighted by Gasteiger charge is 2.25. The van der Waals surface area contributed by atoms with E-state index in [1.54, 1.807) is 0 Å². The normalized spacial score (nSPS) is 14.5. The second-order valence-electron chi connectivity index (χ2n) is 12.1. The minimum absolute atomic E-state index is 0.481. The van der Waals surface area contributed by atoms with Crippen LogP contribution in [0.1, 0.15) is 18.1 Å². The fourth-order valence-corrected chi connectivity index (χ4v) is 8.54. The van der Waals surface area contributed by atoms with Gasteiger partial charge in [0.1, 0.15) is 0 Å². The minimum Gasteiger partial charge on any atom is -0.135 e. The largest absolute Gasteiger partial charge is 0.135 e. The Kier molecular flexibility index (Phi) is 5.82. The molecule has 0 saturated carbocycles. The molecule has 0 fully saturated rings. The van der Waals surface area contributed by atoms with Crippen molar-refractivity contribution in [2.45, 2.75) is 13.3 Å². The lowest BCUT2D eigenvalue weighted by atomic mass is 9.77. The molecule has 1 atom stereocenters. The molecule has 0 nitrogen and oxygen atoms in total. The summed E-state index contributed by atoms with van der Waals surface area (Å²) in [4.78, 5) is 0. The molecule has 0 amide bonds. The summed E-state index contributed by atoms with van der Waals surface area (Å²) in [6.45, 7) is 2.34. The molecule has 1 aliphatic carbocycles. The molecule has 9 rings (SSSR count). The highest BCUT2D eigenvalue weighted by atomic mass is 32.1. The lowest BCUT2D eigenvalue weighted by molar-refractivity contribution is 0.719. The van der Waals surface area contributed by atoms with Gasteiger partial charge < -0.3 is 0 Å². The molecule has 208 valence electrons. The maximum atomic E-state index is 2.45. The van der Waals surface area contributed by atoms with Crippen molar-refractivity contribution in [2.24, 2.45) is 5.92 Å². The van der Waals surface area contributed by atoms with Gasteiger partial charge in [-0.15, -0.1) is 11.3 Å². The van der Waals surface area contributed by atoms with Crippen LogP contribution in [0.15, 0.2) is 140 Å². The van der Waals surface area contributed by atoms with Crippen LogP contribution in [-0.4, -0.2) is 0 Å². The van der Waals surface area contributed by atoms with Crippen molar-refractivity contribution in [3.63, 3.8) is 0 Å². The Balaban J connectivity index is 1.37. The van der Waals surface area contributed by atoms with Gasteiger partial charge in [0, 0.05) is 20.2 Å². The Bertz CT molecular complexity index is 2430. The second-order valence-corrected chi connectivity index (χ2v) is 13.2. The Morgan fingerprint density at radius 2 is 1.16 bits per heavy atom. The number of fused-ring (bicyclic) bond motifs is 6. The van der Waals surface area contributed by atoms with E-state index in [1.807, 2.05) is 11.3 Å². The van der Waals surface area contributed by atoms with E-state index in [1.165, 1.54) is 86.2 Å². The molecular formula is C43H30S. The summed E-state index contributed by atoms with van der Waals surface area (Å²) in [6, 6.07) is 49.5. The van der Waals surface area contributed by atoms with Gasteiger partial charge in [0.2, 0.25) is 0 Å². The van der Waals surface area contributed by atoms with Crippen molar-refractivity contribution in [3.05, 3.63) is 151 Å². The molecular weight excluding hydrogens is 549 g/mol. The number of hydrogen-bond donors (Lipinski definition) is 0. The first-order chi connectivity index (χ1) is 21.7. The predicted molar refractivity (Wildman–Crippen MR) is 193 cm³/mol. The van der Waals surface area contributed by atoms with E-state index in [-0.39, 0.29) is 0 Å². The van der Waals surface area contributed by atoms with Gasteiger partial charge in [0.25, 0.3) is 0 Å². The number of thiophene rings is 1. The maximum Gasteiger partial charge on any atom is 0.0355 e. The van der Waals surface area contributed by atoms with Gasteiger partial charge in [-0.25, -0.2) is 0 Å². The van der Waals surface area contributed by atoms with E-state index in [9.17, 15) is 0 Å². The van der Waals surface area contributed by atoms with Gasteiger partial charge in [0.05, 0.1) is 0 Å². The molecule has 1 aromatic heterocycles. The van der Waals surface area contributed by atoms with Gasteiger partial charge in [-0.1, -0.05) is 134 Å². The Morgan fingerprint density at radius 3 is 2.02 bits per heavy atom. The van der Waals surface area contributed by atoms with Crippen molar-refractivity contribution in [1.29, 1.82) is 0 Å². The van der Waals surface area contributed by atoms with E-state index in [2.05, 4.69) is 153 Å². The zero-order valence-electron chi connectivity index (χ0n) is 24.5. The van der Waals surface area contributed by atoms with Crippen LogP contribution in [0.2, 0.25) is 0 Å². The average molecular weight is 579 g/mol. The van der Waals surface area contributed by atoms with Gasteiger partial charge in [-0.2, -0.15) is 0 Å². The molecule has 0 N–H and O–H groups in total. The fraction of sp³-hybridized carbons (Fsp3) is 0.0698. The van der Waals surface area contributed by atoms with Crippen LogP contribution in [0.25, 0.3) is 81.2 Å². The zero-order chi connectivity index (χ0) is 29.2. The molecule has 0 spiro atoms. The first-order valence-electron chi connectivity index (χ1n) is 15.5. The van der Waals surface area contributed by atoms with Crippen LogP contribution in [0.3, 0.4) is 0 Å². The second kappa shape index (κ2) is 10.0. The Labute approximate surface area is 261 Å². The standard InChI is InChI=1S/C43H30S/c1-27-21-23-37-39(25-27)42(29-22-24-41-38(26-29)33-15-8-9-20-40(33)44-41)35-17-6-7-18-36(35)43(37)34-16-5-4-14-32(34)31-19-10-12-28-11-2-3-13-30(28)31/h2-24,26-27H,25H2,1H3. The molecule has 44 heavy (non-hydrogen) atoms. The van der Waals surface area contributed by atoms with E-state index in [0.29, 0.717) is 5.92 Å². The molecule has 0 bridgehead atoms. The van der Waals surface area contributed by atoms with Crippen molar-refractivity contribution < 1.29 is 0 Å². The maximum absolute atomic E-state index is 2.45. The third-order valence-electron chi connectivity index (χ3n) is 9.42. The monoisotopic (exact) mass is 578 g/mol. The first-order valence-corrected chi connectivity index (χ1v) is 16.3. The average Bonchev–Trinajstić information content (AvgIpc) is 3.45. The number of rotatable bonds is 3. The molecule has 0 aliphatic heterocycles. The highest BCUT2D eigenvalue weighted by molar-refractivity contribution is 7.25. The summed E-state index contributed by atoms with van der Waals surface area (Å²) in [6.07, 6.45) is 5.84. The van der Waals surface area contributed by atoms with Crippen molar-refractivity contribution in [1.82, 2.24) is 0 Å². The van der Waals surface area contributed by atoms with Crippen LogP contribution in [0.4, 0.5) is 0 Å². The van der Waals surface area contributed by atoms with Crippen LogP contribution in [0, 0.1) is 5.92 Å². The molecule has 0 radical (unpaired) electrons. The van der Waals surface area contributed by atoms with E-state index >= 15 is 0 Å². The van der Waals surface area contributed by atoms with E-state index in [4.69, 9.17) is 0 Å².